The first-order valence-electron chi connectivity index (χ1n) is 6.91. The molecule has 23 heavy (non-hydrogen) atoms. The molecule has 1 amide bonds. The summed E-state index contributed by atoms with van der Waals surface area (Å²) in [5.41, 5.74) is 3.42. The zero-order valence-corrected chi connectivity index (χ0v) is 12.9. The van der Waals surface area contributed by atoms with Crippen LogP contribution in [0.3, 0.4) is 0 Å². The van der Waals surface area contributed by atoms with E-state index >= 15 is 0 Å². The Morgan fingerprint density at radius 2 is 1.91 bits per heavy atom. The summed E-state index contributed by atoms with van der Waals surface area (Å²) in [6, 6.07) is 11.4. The molecule has 0 spiro atoms. The van der Waals surface area contributed by atoms with E-state index in [4.69, 9.17) is 9.47 Å². The molecule has 0 aliphatic rings. The number of nitrogens with zero attached hydrogens (tertiary/aromatic N) is 1. The molecule has 0 saturated carbocycles. The van der Waals surface area contributed by atoms with Crippen molar-refractivity contribution in [3.05, 3.63) is 59.4 Å². The van der Waals surface area contributed by atoms with Gasteiger partial charge in [0.15, 0.2) is 11.5 Å². The summed E-state index contributed by atoms with van der Waals surface area (Å²) >= 11 is 0. The molecule has 0 fully saturated rings. The number of amides is 1. The summed E-state index contributed by atoms with van der Waals surface area (Å²) in [5.74, 6) is 0.428. The Morgan fingerprint density at radius 1 is 1.17 bits per heavy atom. The molecule has 0 atom stereocenters. The number of hydrazone groups is 1. The van der Waals surface area contributed by atoms with Crippen molar-refractivity contribution in [3.63, 3.8) is 0 Å². The minimum Gasteiger partial charge on any atom is -0.493 e. The summed E-state index contributed by atoms with van der Waals surface area (Å²) in [6.07, 6.45) is 1.39. The van der Waals surface area contributed by atoms with Crippen LogP contribution in [-0.4, -0.2) is 26.3 Å². The number of nitrogens with one attached hydrogen (secondary N) is 1. The molecule has 0 unspecified atom stereocenters. The molecule has 1 N–H and O–H groups in total. The maximum Gasteiger partial charge on any atom is 0.244 e. The van der Waals surface area contributed by atoms with Crippen LogP contribution in [0.2, 0.25) is 0 Å². The van der Waals surface area contributed by atoms with E-state index in [2.05, 4.69) is 10.5 Å². The average molecular weight is 316 g/mol. The van der Waals surface area contributed by atoms with E-state index in [-0.39, 0.29) is 12.3 Å². The van der Waals surface area contributed by atoms with E-state index < -0.39 is 5.82 Å². The monoisotopic (exact) mass is 316 g/mol. The van der Waals surface area contributed by atoms with Crippen LogP contribution in [0.25, 0.3) is 0 Å². The molecule has 0 radical (unpaired) electrons. The lowest BCUT2D eigenvalue weighted by atomic mass is 10.1. The molecule has 0 saturated heterocycles. The fourth-order valence-corrected chi connectivity index (χ4v) is 1.97. The van der Waals surface area contributed by atoms with Crippen molar-refractivity contribution < 1.29 is 18.7 Å². The molecule has 6 heteroatoms. The van der Waals surface area contributed by atoms with Crippen molar-refractivity contribution in [2.75, 3.05) is 14.2 Å². The number of hydrogen-bond acceptors (Lipinski definition) is 4. The van der Waals surface area contributed by atoms with Gasteiger partial charge >= 0.3 is 0 Å². The molecule has 0 bridgehead atoms. The third kappa shape index (κ3) is 4.54. The maximum atomic E-state index is 13.4. The van der Waals surface area contributed by atoms with Crippen molar-refractivity contribution in [3.8, 4) is 11.5 Å². The Hall–Kier alpha value is -2.89. The number of hydrogen-bond donors (Lipinski definition) is 1. The van der Waals surface area contributed by atoms with Gasteiger partial charge in [0.2, 0.25) is 5.91 Å². The van der Waals surface area contributed by atoms with Gasteiger partial charge in [0.25, 0.3) is 0 Å². The normalized spacial score (nSPS) is 10.6. The molecule has 5 nitrogen and oxygen atoms in total. The van der Waals surface area contributed by atoms with Crippen molar-refractivity contribution >= 4 is 12.1 Å². The molecule has 2 aromatic rings. The van der Waals surface area contributed by atoms with Crippen LogP contribution in [0.5, 0.6) is 11.5 Å². The number of benzene rings is 2. The number of carbonyl (C=O) groups excluding carboxylic acids is 1. The highest BCUT2D eigenvalue weighted by atomic mass is 19.1. The largest absolute Gasteiger partial charge is 0.493 e. The number of ether oxygens (including phenoxy) is 2. The fraction of sp³-hybridized carbons (Fsp3) is 0.176. The Labute approximate surface area is 133 Å². The van der Waals surface area contributed by atoms with Crippen LogP contribution in [0.1, 0.15) is 11.1 Å². The predicted octanol–water partition coefficient (Wildman–Crippen LogP) is 2.54. The molecule has 120 valence electrons. The topological polar surface area (TPSA) is 59.9 Å². The van der Waals surface area contributed by atoms with Gasteiger partial charge in [-0.2, -0.15) is 5.10 Å². The van der Waals surface area contributed by atoms with E-state index in [1.165, 1.54) is 19.4 Å². The van der Waals surface area contributed by atoms with E-state index in [0.29, 0.717) is 17.1 Å². The zero-order chi connectivity index (χ0) is 16.7. The van der Waals surface area contributed by atoms with Gasteiger partial charge in [0.1, 0.15) is 5.82 Å². The lowest BCUT2D eigenvalue weighted by Crippen LogP contribution is -2.19. The van der Waals surface area contributed by atoms with E-state index in [1.807, 2.05) is 0 Å². The fourth-order valence-electron chi connectivity index (χ4n) is 1.97. The summed E-state index contributed by atoms with van der Waals surface area (Å²) in [6.45, 7) is 0. The lowest BCUT2D eigenvalue weighted by Gasteiger charge is -2.09. The number of rotatable bonds is 6. The number of halogens is 1. The van der Waals surface area contributed by atoms with Crippen LogP contribution in [0, 0.1) is 5.82 Å². The van der Waals surface area contributed by atoms with E-state index in [0.717, 1.165) is 5.56 Å². The molecule has 0 aliphatic carbocycles. The summed E-state index contributed by atoms with van der Waals surface area (Å²) in [5, 5.41) is 3.75. The summed E-state index contributed by atoms with van der Waals surface area (Å²) in [7, 11) is 3.07. The highest BCUT2D eigenvalue weighted by Gasteiger charge is 2.08. The van der Waals surface area contributed by atoms with Crippen LogP contribution in [-0.2, 0) is 11.2 Å². The highest BCUT2D eigenvalue weighted by molar-refractivity contribution is 5.83. The summed E-state index contributed by atoms with van der Waals surface area (Å²) in [4.78, 5) is 11.9. The smallest absolute Gasteiger partial charge is 0.244 e. The number of carbonyl (C=O) groups is 1. The van der Waals surface area contributed by atoms with Gasteiger partial charge in [0.05, 0.1) is 26.9 Å². The average Bonchev–Trinajstić information content (AvgIpc) is 2.56. The van der Waals surface area contributed by atoms with Crippen molar-refractivity contribution in [1.29, 1.82) is 0 Å². The Balaban J connectivity index is 1.96. The Bertz CT molecular complexity index is 717. The molecule has 2 aromatic carbocycles. The van der Waals surface area contributed by atoms with Crippen LogP contribution < -0.4 is 14.9 Å². The van der Waals surface area contributed by atoms with E-state index in [1.54, 1.807) is 43.5 Å². The lowest BCUT2D eigenvalue weighted by molar-refractivity contribution is -0.120. The second-order valence-corrected chi connectivity index (χ2v) is 4.68. The van der Waals surface area contributed by atoms with Gasteiger partial charge in [-0.15, -0.1) is 0 Å². The third-order valence-electron chi connectivity index (χ3n) is 3.11. The van der Waals surface area contributed by atoms with Crippen molar-refractivity contribution in [2.24, 2.45) is 5.10 Å². The Kier molecular flexibility index (Phi) is 5.68. The molecular formula is C17H17FN2O3. The highest BCUT2D eigenvalue weighted by Crippen LogP contribution is 2.27. The maximum absolute atomic E-state index is 13.4. The first-order valence-corrected chi connectivity index (χ1v) is 6.91. The minimum atomic E-state index is -0.398. The van der Waals surface area contributed by atoms with Crippen LogP contribution in [0.4, 0.5) is 4.39 Å². The van der Waals surface area contributed by atoms with Crippen molar-refractivity contribution in [2.45, 2.75) is 6.42 Å². The Morgan fingerprint density at radius 3 is 2.61 bits per heavy atom. The number of methoxy groups -OCH3 is 2. The molecule has 0 heterocycles. The minimum absolute atomic E-state index is 0.120. The summed E-state index contributed by atoms with van der Waals surface area (Å²) < 4.78 is 23.7. The van der Waals surface area contributed by atoms with Gasteiger partial charge in [-0.05, 0) is 23.8 Å². The molecule has 0 aromatic heterocycles. The first-order chi connectivity index (χ1) is 11.1. The van der Waals surface area contributed by atoms with Crippen molar-refractivity contribution in [1.82, 2.24) is 5.43 Å². The zero-order valence-electron chi connectivity index (χ0n) is 12.9. The van der Waals surface area contributed by atoms with Gasteiger partial charge in [-0.25, -0.2) is 9.82 Å². The SMILES string of the molecule is COc1ccc(CC(=O)N/N=C/c2ccccc2F)cc1OC. The molecular weight excluding hydrogens is 299 g/mol. The quantitative estimate of drug-likeness (QED) is 0.658. The second-order valence-electron chi connectivity index (χ2n) is 4.68. The van der Waals surface area contributed by atoms with Crippen LogP contribution in [0.15, 0.2) is 47.6 Å². The van der Waals surface area contributed by atoms with Gasteiger partial charge in [-0.3, -0.25) is 4.79 Å². The van der Waals surface area contributed by atoms with Gasteiger partial charge in [0, 0.05) is 5.56 Å². The third-order valence-corrected chi connectivity index (χ3v) is 3.11. The van der Waals surface area contributed by atoms with Gasteiger partial charge in [-0.1, -0.05) is 24.3 Å². The van der Waals surface area contributed by atoms with Gasteiger partial charge < -0.3 is 9.47 Å². The standard InChI is InChI=1S/C17H17FN2O3/c1-22-15-8-7-12(9-16(15)23-2)10-17(21)20-19-11-13-5-3-4-6-14(13)18/h3-9,11H,10H2,1-2H3,(H,20,21)/b19-11+. The molecule has 2 rings (SSSR count). The van der Waals surface area contributed by atoms with E-state index in [9.17, 15) is 9.18 Å². The first kappa shape index (κ1) is 16.5. The predicted molar refractivity (Wildman–Crippen MR) is 85.4 cm³/mol. The second kappa shape index (κ2) is 7.93. The van der Waals surface area contributed by atoms with Crippen LogP contribution >= 0.6 is 0 Å². The molecule has 0 aliphatic heterocycles.